The Labute approximate surface area is 157 Å². The summed E-state index contributed by atoms with van der Waals surface area (Å²) in [5, 5.41) is 3.76. The summed E-state index contributed by atoms with van der Waals surface area (Å²) in [6.07, 6.45) is 1.62. The van der Waals surface area contributed by atoms with Gasteiger partial charge in [-0.1, -0.05) is 24.3 Å². The standard InChI is InChI=1S/C21H25FN4O/c1-13-4-5-14(9-18(13)22)15-6-7-16-11-20(26-19(16)10-15)21(27)25-12-17(24)3-2-8-23/h4-7,9-11,17,26H,2-3,8,12,23-24H2,1H3,(H,25,27)/t17-/m0/s1. The lowest BCUT2D eigenvalue weighted by Crippen LogP contribution is -2.37. The van der Waals surface area contributed by atoms with Crippen LogP contribution in [0, 0.1) is 12.7 Å². The fourth-order valence-electron chi connectivity index (χ4n) is 3.00. The number of hydrogen-bond donors (Lipinski definition) is 4. The highest BCUT2D eigenvalue weighted by Gasteiger charge is 2.12. The Morgan fingerprint density at radius 1 is 1.19 bits per heavy atom. The number of aromatic amines is 1. The van der Waals surface area contributed by atoms with Crippen molar-refractivity contribution < 1.29 is 9.18 Å². The molecule has 0 fully saturated rings. The van der Waals surface area contributed by atoms with E-state index in [-0.39, 0.29) is 17.8 Å². The number of benzene rings is 2. The van der Waals surface area contributed by atoms with Crippen LogP contribution >= 0.6 is 0 Å². The van der Waals surface area contributed by atoms with E-state index >= 15 is 0 Å². The van der Waals surface area contributed by atoms with Crippen molar-refractivity contribution >= 4 is 16.8 Å². The Morgan fingerprint density at radius 2 is 1.93 bits per heavy atom. The van der Waals surface area contributed by atoms with Crippen molar-refractivity contribution in [1.82, 2.24) is 10.3 Å². The molecule has 5 nitrogen and oxygen atoms in total. The minimum Gasteiger partial charge on any atom is -0.351 e. The number of carbonyl (C=O) groups is 1. The van der Waals surface area contributed by atoms with Crippen LogP contribution in [0.3, 0.4) is 0 Å². The van der Waals surface area contributed by atoms with E-state index in [0.29, 0.717) is 24.3 Å². The van der Waals surface area contributed by atoms with Gasteiger partial charge < -0.3 is 21.8 Å². The van der Waals surface area contributed by atoms with Crippen molar-refractivity contribution in [3.63, 3.8) is 0 Å². The van der Waals surface area contributed by atoms with Crippen LogP contribution in [0.4, 0.5) is 4.39 Å². The Balaban J connectivity index is 1.75. The fraction of sp³-hybridized carbons (Fsp3) is 0.286. The van der Waals surface area contributed by atoms with E-state index in [1.54, 1.807) is 19.1 Å². The molecule has 0 aliphatic carbocycles. The lowest BCUT2D eigenvalue weighted by atomic mass is 10.0. The van der Waals surface area contributed by atoms with Gasteiger partial charge in [0.15, 0.2) is 0 Å². The summed E-state index contributed by atoms with van der Waals surface area (Å²) in [5.74, 6) is -0.428. The Kier molecular flexibility index (Phi) is 5.88. The molecule has 0 bridgehead atoms. The average molecular weight is 368 g/mol. The molecule has 1 aromatic heterocycles. The van der Waals surface area contributed by atoms with Gasteiger partial charge in [0, 0.05) is 23.5 Å². The quantitative estimate of drug-likeness (QED) is 0.516. The van der Waals surface area contributed by atoms with Gasteiger partial charge in [-0.25, -0.2) is 4.39 Å². The molecule has 6 N–H and O–H groups in total. The van der Waals surface area contributed by atoms with E-state index in [0.717, 1.165) is 34.9 Å². The molecule has 0 spiro atoms. The van der Waals surface area contributed by atoms with E-state index in [4.69, 9.17) is 11.5 Å². The molecular weight excluding hydrogens is 343 g/mol. The second kappa shape index (κ2) is 8.33. The SMILES string of the molecule is Cc1ccc(-c2ccc3cc(C(=O)NC[C@@H](N)CCCN)[nH]c3c2)cc1F. The first-order valence-corrected chi connectivity index (χ1v) is 9.11. The normalized spacial score (nSPS) is 12.3. The molecule has 0 saturated heterocycles. The first kappa shape index (κ1) is 19.1. The van der Waals surface area contributed by atoms with Crippen LogP contribution < -0.4 is 16.8 Å². The van der Waals surface area contributed by atoms with Crippen LogP contribution in [0.5, 0.6) is 0 Å². The molecule has 2 aromatic carbocycles. The average Bonchev–Trinajstić information content (AvgIpc) is 3.10. The summed E-state index contributed by atoms with van der Waals surface area (Å²) >= 11 is 0. The fourth-order valence-corrected chi connectivity index (χ4v) is 3.00. The number of carbonyl (C=O) groups excluding carboxylic acids is 1. The maximum atomic E-state index is 13.8. The molecule has 1 heterocycles. The number of fused-ring (bicyclic) bond motifs is 1. The highest BCUT2D eigenvalue weighted by Crippen LogP contribution is 2.26. The number of amides is 1. The number of H-pyrrole nitrogens is 1. The van der Waals surface area contributed by atoms with Gasteiger partial charge in [-0.3, -0.25) is 4.79 Å². The van der Waals surface area contributed by atoms with Crippen LogP contribution in [0.15, 0.2) is 42.5 Å². The van der Waals surface area contributed by atoms with Crippen molar-refractivity contribution in [2.24, 2.45) is 11.5 Å². The lowest BCUT2D eigenvalue weighted by Gasteiger charge is -2.11. The van der Waals surface area contributed by atoms with Gasteiger partial charge in [0.1, 0.15) is 11.5 Å². The molecule has 0 saturated carbocycles. The van der Waals surface area contributed by atoms with Crippen LogP contribution in [-0.2, 0) is 0 Å². The highest BCUT2D eigenvalue weighted by molar-refractivity contribution is 5.98. The molecule has 0 aliphatic rings. The predicted molar refractivity (Wildman–Crippen MR) is 107 cm³/mol. The van der Waals surface area contributed by atoms with Gasteiger partial charge in [-0.15, -0.1) is 0 Å². The number of hydrogen-bond acceptors (Lipinski definition) is 3. The molecule has 3 aromatic rings. The third-order valence-electron chi connectivity index (χ3n) is 4.68. The summed E-state index contributed by atoms with van der Waals surface area (Å²) in [4.78, 5) is 15.5. The highest BCUT2D eigenvalue weighted by atomic mass is 19.1. The zero-order chi connectivity index (χ0) is 19.4. The minimum atomic E-state index is -0.231. The number of nitrogens with two attached hydrogens (primary N) is 2. The smallest absolute Gasteiger partial charge is 0.267 e. The van der Waals surface area contributed by atoms with Crippen LogP contribution in [0.2, 0.25) is 0 Å². The number of aryl methyl sites for hydroxylation is 1. The van der Waals surface area contributed by atoms with Gasteiger partial charge in [0.05, 0.1) is 0 Å². The molecular formula is C21H25FN4O. The third-order valence-corrected chi connectivity index (χ3v) is 4.68. The van der Waals surface area contributed by atoms with Gasteiger partial charge in [-0.05, 0) is 61.2 Å². The monoisotopic (exact) mass is 368 g/mol. The summed E-state index contributed by atoms with van der Waals surface area (Å²) in [7, 11) is 0. The maximum Gasteiger partial charge on any atom is 0.267 e. The minimum absolute atomic E-state index is 0.107. The number of halogens is 1. The number of aromatic nitrogens is 1. The van der Waals surface area contributed by atoms with Crippen LogP contribution in [-0.4, -0.2) is 30.0 Å². The third kappa shape index (κ3) is 4.53. The number of nitrogens with one attached hydrogen (secondary N) is 2. The zero-order valence-corrected chi connectivity index (χ0v) is 15.4. The van der Waals surface area contributed by atoms with Gasteiger partial charge in [-0.2, -0.15) is 0 Å². The van der Waals surface area contributed by atoms with Gasteiger partial charge >= 0.3 is 0 Å². The molecule has 27 heavy (non-hydrogen) atoms. The molecule has 1 atom stereocenters. The second-order valence-corrected chi connectivity index (χ2v) is 6.85. The number of rotatable bonds is 7. The van der Waals surface area contributed by atoms with E-state index in [1.807, 2.05) is 24.3 Å². The van der Waals surface area contributed by atoms with E-state index in [9.17, 15) is 9.18 Å². The molecule has 0 radical (unpaired) electrons. The zero-order valence-electron chi connectivity index (χ0n) is 15.4. The Morgan fingerprint density at radius 3 is 2.67 bits per heavy atom. The molecule has 1 amide bonds. The molecule has 0 unspecified atom stereocenters. The Hall–Kier alpha value is -2.70. The predicted octanol–water partition coefficient (Wildman–Crippen LogP) is 3.08. The first-order chi connectivity index (χ1) is 13.0. The molecule has 6 heteroatoms. The molecule has 142 valence electrons. The lowest BCUT2D eigenvalue weighted by molar-refractivity contribution is 0.0946. The van der Waals surface area contributed by atoms with Crippen LogP contribution in [0.1, 0.15) is 28.9 Å². The van der Waals surface area contributed by atoms with E-state index in [2.05, 4.69) is 10.3 Å². The topological polar surface area (TPSA) is 96.9 Å². The molecule has 0 aliphatic heterocycles. The van der Waals surface area contributed by atoms with Crippen molar-refractivity contribution in [3.05, 3.63) is 59.5 Å². The first-order valence-electron chi connectivity index (χ1n) is 9.11. The van der Waals surface area contributed by atoms with E-state index in [1.165, 1.54) is 6.07 Å². The van der Waals surface area contributed by atoms with Crippen LogP contribution in [0.25, 0.3) is 22.0 Å². The second-order valence-electron chi connectivity index (χ2n) is 6.85. The maximum absolute atomic E-state index is 13.8. The summed E-state index contributed by atoms with van der Waals surface area (Å²) in [6.45, 7) is 2.74. The van der Waals surface area contributed by atoms with Gasteiger partial charge in [0.25, 0.3) is 5.91 Å². The van der Waals surface area contributed by atoms with E-state index < -0.39 is 0 Å². The Bertz CT molecular complexity index is 951. The van der Waals surface area contributed by atoms with Crippen molar-refractivity contribution in [2.75, 3.05) is 13.1 Å². The summed E-state index contributed by atoms with van der Waals surface area (Å²) < 4.78 is 13.8. The largest absolute Gasteiger partial charge is 0.351 e. The van der Waals surface area contributed by atoms with Crippen molar-refractivity contribution in [2.45, 2.75) is 25.8 Å². The van der Waals surface area contributed by atoms with Crippen molar-refractivity contribution in [1.29, 1.82) is 0 Å². The molecule has 3 rings (SSSR count). The van der Waals surface area contributed by atoms with Gasteiger partial charge in [0.2, 0.25) is 0 Å². The summed E-state index contributed by atoms with van der Waals surface area (Å²) in [5.41, 5.74) is 15.0. The van der Waals surface area contributed by atoms with Crippen molar-refractivity contribution in [3.8, 4) is 11.1 Å². The summed E-state index contributed by atoms with van der Waals surface area (Å²) in [6, 6.07) is 12.6.